The van der Waals surface area contributed by atoms with Crippen LogP contribution in [0.1, 0.15) is 41.9 Å². The molecule has 0 amide bonds. The molecule has 0 aliphatic heterocycles. The van der Waals surface area contributed by atoms with E-state index < -0.39 is 0 Å². The lowest BCUT2D eigenvalue weighted by molar-refractivity contribution is -0.111. The molecule has 2 nitrogen and oxygen atoms in total. The van der Waals surface area contributed by atoms with Crippen molar-refractivity contribution in [3.8, 4) is 0 Å². The Hall–Kier alpha value is -1.41. The molecule has 1 aromatic rings. The number of hydrogen-bond donors (Lipinski definition) is 1. The average molecular weight is 239 g/mol. The molecule has 18 heavy (non-hydrogen) atoms. The Morgan fingerprint density at radius 3 is 3.06 bits per heavy atom. The lowest BCUT2D eigenvalue weighted by Crippen LogP contribution is -2.21. The molecule has 1 fully saturated rings. The van der Waals surface area contributed by atoms with Crippen molar-refractivity contribution in [1.82, 2.24) is 5.32 Å². The third-order valence-corrected chi connectivity index (χ3v) is 4.62. The predicted molar refractivity (Wildman–Crippen MR) is 70.5 cm³/mol. The lowest BCUT2D eigenvalue weighted by Gasteiger charge is -2.20. The highest BCUT2D eigenvalue weighted by Crippen LogP contribution is 2.52. The minimum absolute atomic E-state index is 0.310. The highest BCUT2D eigenvalue weighted by Gasteiger charge is 2.46. The number of aldehydes is 1. The monoisotopic (exact) mass is 239 g/mol. The van der Waals surface area contributed by atoms with E-state index in [2.05, 4.69) is 35.7 Å². The van der Waals surface area contributed by atoms with Crippen molar-refractivity contribution in [3.63, 3.8) is 0 Å². The van der Waals surface area contributed by atoms with Gasteiger partial charge in [-0.15, -0.1) is 0 Å². The molecule has 92 valence electrons. The van der Waals surface area contributed by atoms with Crippen LogP contribution in [0.3, 0.4) is 0 Å². The summed E-state index contributed by atoms with van der Waals surface area (Å²) in [5.74, 6) is 0.461. The average Bonchev–Trinajstić information content (AvgIpc) is 3.06. The molecule has 2 atom stereocenters. The van der Waals surface area contributed by atoms with Gasteiger partial charge in [0, 0.05) is 18.5 Å². The molecule has 0 saturated heterocycles. The molecule has 3 aliphatic rings. The standard InChI is InChI=1S/C16H17NO/c18-10-16-7-6-11(8-16)15-12(2-1-3-14(15)16)9-17-13-4-5-13/h1-3,6-7,10-11,13,17H,4-5,8-9H2. The fourth-order valence-electron chi connectivity index (χ4n) is 3.49. The molecule has 3 aliphatic carbocycles. The maximum atomic E-state index is 11.5. The molecular formula is C16H17NO. The molecule has 2 unspecified atom stereocenters. The van der Waals surface area contributed by atoms with E-state index in [0.717, 1.165) is 25.3 Å². The molecule has 0 heterocycles. The van der Waals surface area contributed by atoms with E-state index in [1.165, 1.54) is 29.5 Å². The van der Waals surface area contributed by atoms with Crippen molar-refractivity contribution in [1.29, 1.82) is 0 Å². The number of carbonyl (C=O) groups excluding carboxylic acids is 1. The van der Waals surface area contributed by atoms with Crippen molar-refractivity contribution in [2.24, 2.45) is 0 Å². The van der Waals surface area contributed by atoms with E-state index in [9.17, 15) is 4.79 Å². The van der Waals surface area contributed by atoms with Gasteiger partial charge < -0.3 is 10.1 Å². The minimum atomic E-state index is -0.310. The highest BCUT2D eigenvalue weighted by atomic mass is 16.1. The quantitative estimate of drug-likeness (QED) is 0.646. The Bertz CT molecular complexity index is 544. The molecule has 0 spiro atoms. The van der Waals surface area contributed by atoms with Gasteiger partial charge in [-0.2, -0.15) is 0 Å². The molecule has 2 heteroatoms. The zero-order valence-electron chi connectivity index (χ0n) is 10.4. The maximum Gasteiger partial charge on any atom is 0.134 e. The Labute approximate surface area is 107 Å². The van der Waals surface area contributed by atoms with Crippen LogP contribution in [0.4, 0.5) is 0 Å². The molecule has 2 bridgehead atoms. The Morgan fingerprint density at radius 2 is 2.28 bits per heavy atom. The summed E-state index contributed by atoms with van der Waals surface area (Å²) >= 11 is 0. The third-order valence-electron chi connectivity index (χ3n) is 4.62. The van der Waals surface area contributed by atoms with Crippen molar-refractivity contribution in [3.05, 3.63) is 47.0 Å². The zero-order chi connectivity index (χ0) is 12.2. The molecule has 0 radical (unpaired) electrons. The van der Waals surface area contributed by atoms with Gasteiger partial charge in [-0.25, -0.2) is 0 Å². The number of nitrogens with one attached hydrogen (secondary N) is 1. The number of rotatable bonds is 4. The fourth-order valence-corrected chi connectivity index (χ4v) is 3.49. The Kier molecular flexibility index (Phi) is 2.07. The van der Waals surface area contributed by atoms with Crippen molar-refractivity contribution in [2.75, 3.05) is 0 Å². The highest BCUT2D eigenvalue weighted by molar-refractivity contribution is 5.79. The van der Waals surface area contributed by atoms with Crippen LogP contribution in [0.5, 0.6) is 0 Å². The van der Waals surface area contributed by atoms with Crippen LogP contribution in [0.15, 0.2) is 30.4 Å². The first kappa shape index (κ1) is 10.5. The van der Waals surface area contributed by atoms with E-state index >= 15 is 0 Å². The number of hydrogen-bond acceptors (Lipinski definition) is 2. The number of allylic oxidation sites excluding steroid dienone is 2. The predicted octanol–water partition coefficient (Wildman–Crippen LogP) is 2.43. The van der Waals surface area contributed by atoms with E-state index in [4.69, 9.17) is 0 Å². The summed E-state index contributed by atoms with van der Waals surface area (Å²) in [6.45, 7) is 0.952. The van der Waals surface area contributed by atoms with Gasteiger partial charge in [0.05, 0.1) is 5.41 Å². The van der Waals surface area contributed by atoms with Gasteiger partial charge in [0.15, 0.2) is 0 Å². The van der Waals surface area contributed by atoms with E-state index in [1.54, 1.807) is 0 Å². The second-order valence-electron chi connectivity index (χ2n) is 5.86. The third kappa shape index (κ3) is 1.36. The first-order valence-electron chi connectivity index (χ1n) is 6.84. The summed E-state index contributed by atoms with van der Waals surface area (Å²) in [6.07, 6.45) is 9.04. The van der Waals surface area contributed by atoms with Gasteiger partial charge in [-0.05, 0) is 36.0 Å². The van der Waals surface area contributed by atoms with Crippen LogP contribution >= 0.6 is 0 Å². The van der Waals surface area contributed by atoms with Gasteiger partial charge in [0.25, 0.3) is 0 Å². The van der Waals surface area contributed by atoms with Crippen LogP contribution in [0.2, 0.25) is 0 Å². The number of fused-ring (bicyclic) bond motifs is 5. The number of carbonyl (C=O) groups is 1. The summed E-state index contributed by atoms with van der Waals surface area (Å²) in [5, 5.41) is 3.58. The van der Waals surface area contributed by atoms with Crippen molar-refractivity contribution in [2.45, 2.75) is 43.2 Å². The van der Waals surface area contributed by atoms with Gasteiger partial charge >= 0.3 is 0 Å². The second kappa shape index (κ2) is 3.55. The smallest absolute Gasteiger partial charge is 0.134 e. The first-order chi connectivity index (χ1) is 8.82. The molecule has 1 aromatic carbocycles. The van der Waals surface area contributed by atoms with Crippen LogP contribution in [0.25, 0.3) is 0 Å². The van der Waals surface area contributed by atoms with E-state index in [-0.39, 0.29) is 5.41 Å². The summed E-state index contributed by atoms with van der Waals surface area (Å²) in [4.78, 5) is 11.5. The maximum absolute atomic E-state index is 11.5. The normalized spacial score (nSPS) is 31.7. The van der Waals surface area contributed by atoms with E-state index in [0.29, 0.717) is 5.92 Å². The van der Waals surface area contributed by atoms with Gasteiger partial charge in [-0.1, -0.05) is 30.4 Å². The summed E-state index contributed by atoms with van der Waals surface area (Å²) in [5.41, 5.74) is 3.74. The van der Waals surface area contributed by atoms with Crippen molar-refractivity contribution >= 4 is 6.29 Å². The molecule has 4 rings (SSSR count). The molecular weight excluding hydrogens is 222 g/mol. The van der Waals surface area contributed by atoms with Crippen LogP contribution in [-0.4, -0.2) is 12.3 Å². The topological polar surface area (TPSA) is 29.1 Å². The number of benzene rings is 1. The van der Waals surface area contributed by atoms with Crippen LogP contribution in [-0.2, 0) is 16.8 Å². The summed E-state index contributed by atoms with van der Waals surface area (Å²) in [7, 11) is 0. The lowest BCUT2D eigenvalue weighted by atomic mass is 9.83. The van der Waals surface area contributed by atoms with E-state index in [1.807, 2.05) is 0 Å². The molecule has 1 N–H and O–H groups in total. The molecule has 0 aromatic heterocycles. The van der Waals surface area contributed by atoms with Crippen molar-refractivity contribution < 1.29 is 4.79 Å². The van der Waals surface area contributed by atoms with Crippen LogP contribution in [0, 0.1) is 0 Å². The minimum Gasteiger partial charge on any atom is -0.310 e. The SMILES string of the molecule is O=CC12C=CC(C1)c1c(CNC3CC3)cccc12. The molecule has 1 saturated carbocycles. The van der Waals surface area contributed by atoms with Gasteiger partial charge in [0.1, 0.15) is 6.29 Å². The summed E-state index contributed by atoms with van der Waals surface area (Å²) in [6, 6.07) is 7.17. The zero-order valence-corrected chi connectivity index (χ0v) is 10.4. The first-order valence-corrected chi connectivity index (χ1v) is 6.84. The second-order valence-corrected chi connectivity index (χ2v) is 5.86. The fraction of sp³-hybridized carbons (Fsp3) is 0.438. The Morgan fingerprint density at radius 1 is 1.39 bits per heavy atom. The van der Waals surface area contributed by atoms with Gasteiger partial charge in [0.2, 0.25) is 0 Å². The van der Waals surface area contributed by atoms with Gasteiger partial charge in [-0.3, -0.25) is 0 Å². The largest absolute Gasteiger partial charge is 0.310 e. The van der Waals surface area contributed by atoms with Crippen LogP contribution < -0.4 is 5.32 Å². The summed E-state index contributed by atoms with van der Waals surface area (Å²) < 4.78 is 0. The Balaban J connectivity index is 1.73.